The zero-order valence-corrected chi connectivity index (χ0v) is 16.7. The molecular formula is C18H12Cl2F3N3O2S. The number of pyridine rings is 1. The number of nitrogen functional groups attached to an aromatic ring is 1. The lowest BCUT2D eigenvalue weighted by Crippen LogP contribution is -2.16. The Bertz CT molecular complexity index is 1190. The number of nitrogens with two attached hydrogens (primary N) is 1. The lowest BCUT2D eigenvalue weighted by atomic mass is 10.1. The highest BCUT2D eigenvalue weighted by Crippen LogP contribution is 2.37. The number of hydrogen-bond donors (Lipinski definition) is 2. The summed E-state index contributed by atoms with van der Waals surface area (Å²) < 4.78 is 67.0. The molecule has 2 aromatic carbocycles. The van der Waals surface area contributed by atoms with Crippen LogP contribution in [0.15, 0.2) is 59.6 Å². The fraction of sp³-hybridized carbons (Fsp3) is 0.0556. The summed E-state index contributed by atoms with van der Waals surface area (Å²) in [5.41, 5.74) is 5.54. The number of sulfonamides is 1. The maximum Gasteiger partial charge on any atom is 0.417 e. The molecule has 3 rings (SSSR count). The first kappa shape index (κ1) is 21.2. The number of hydrogen-bond acceptors (Lipinski definition) is 4. The summed E-state index contributed by atoms with van der Waals surface area (Å²) in [5.74, 6) is 0. The molecule has 0 bridgehead atoms. The van der Waals surface area contributed by atoms with Crippen molar-refractivity contribution < 1.29 is 21.6 Å². The van der Waals surface area contributed by atoms with Crippen LogP contribution in [0.1, 0.15) is 5.56 Å². The van der Waals surface area contributed by atoms with Crippen LogP contribution >= 0.6 is 23.2 Å². The third kappa shape index (κ3) is 4.58. The molecule has 1 heterocycles. The molecule has 0 atom stereocenters. The molecule has 29 heavy (non-hydrogen) atoms. The molecule has 0 amide bonds. The fourth-order valence-electron chi connectivity index (χ4n) is 2.54. The van der Waals surface area contributed by atoms with Crippen LogP contribution in [-0.4, -0.2) is 13.4 Å². The third-order valence-electron chi connectivity index (χ3n) is 3.87. The molecule has 0 aliphatic carbocycles. The minimum atomic E-state index is -4.82. The summed E-state index contributed by atoms with van der Waals surface area (Å²) in [4.78, 5) is 3.49. The van der Waals surface area contributed by atoms with E-state index in [1.165, 1.54) is 12.3 Å². The van der Waals surface area contributed by atoms with Gasteiger partial charge in [-0.2, -0.15) is 13.2 Å². The van der Waals surface area contributed by atoms with Crippen LogP contribution in [0.2, 0.25) is 10.0 Å². The number of nitrogens with one attached hydrogen (secondary N) is 1. The molecule has 0 radical (unpaired) electrons. The average molecular weight is 462 g/mol. The van der Waals surface area contributed by atoms with E-state index in [0.29, 0.717) is 17.3 Å². The Morgan fingerprint density at radius 2 is 1.72 bits per heavy atom. The second-order valence-electron chi connectivity index (χ2n) is 5.88. The van der Waals surface area contributed by atoms with Gasteiger partial charge >= 0.3 is 6.18 Å². The lowest BCUT2D eigenvalue weighted by Gasteiger charge is -2.15. The van der Waals surface area contributed by atoms with Gasteiger partial charge in [-0.25, -0.2) is 8.42 Å². The standard InChI is InChI=1S/C18H12Cl2F3N3O2S/c19-10-7-16(17(25-9-10)12-3-1-2-4-15(12)24)26-29(27,28)11-5-6-14(20)13(8-11)18(21,22)23/h1-9,26H,24H2. The zero-order chi connectivity index (χ0) is 21.4. The molecule has 0 aliphatic heterocycles. The summed E-state index contributed by atoms with van der Waals surface area (Å²) in [7, 11) is -4.42. The molecule has 152 valence electrons. The predicted molar refractivity (Wildman–Crippen MR) is 106 cm³/mol. The minimum Gasteiger partial charge on any atom is -0.398 e. The summed E-state index contributed by atoms with van der Waals surface area (Å²) >= 11 is 11.5. The van der Waals surface area contributed by atoms with Crippen LogP contribution in [0.3, 0.4) is 0 Å². The van der Waals surface area contributed by atoms with Crippen LogP contribution in [0.4, 0.5) is 24.5 Å². The van der Waals surface area contributed by atoms with Gasteiger partial charge in [-0.15, -0.1) is 0 Å². The van der Waals surface area contributed by atoms with Gasteiger partial charge in [0, 0.05) is 17.4 Å². The first-order valence-corrected chi connectivity index (χ1v) is 10.1. The minimum absolute atomic E-state index is 0.0427. The second kappa shape index (κ2) is 7.74. The van der Waals surface area contributed by atoms with Crippen molar-refractivity contribution in [2.75, 3.05) is 10.5 Å². The first-order valence-electron chi connectivity index (χ1n) is 7.89. The van der Waals surface area contributed by atoms with E-state index < -0.39 is 31.7 Å². The van der Waals surface area contributed by atoms with E-state index in [9.17, 15) is 21.6 Å². The van der Waals surface area contributed by atoms with Crippen molar-refractivity contribution in [1.82, 2.24) is 4.98 Å². The maximum atomic E-state index is 13.1. The van der Waals surface area contributed by atoms with E-state index in [1.54, 1.807) is 24.3 Å². The number of aromatic nitrogens is 1. The van der Waals surface area contributed by atoms with Crippen molar-refractivity contribution in [3.8, 4) is 11.3 Å². The molecule has 3 aromatic rings. The molecule has 0 fully saturated rings. The number of rotatable bonds is 4. The molecule has 0 saturated heterocycles. The van der Waals surface area contributed by atoms with E-state index in [-0.39, 0.29) is 16.4 Å². The van der Waals surface area contributed by atoms with Crippen molar-refractivity contribution in [2.24, 2.45) is 0 Å². The van der Waals surface area contributed by atoms with Gasteiger partial charge in [0.25, 0.3) is 10.0 Å². The normalized spacial score (nSPS) is 12.0. The van der Waals surface area contributed by atoms with Crippen LogP contribution in [-0.2, 0) is 16.2 Å². The average Bonchev–Trinajstić information content (AvgIpc) is 2.61. The molecule has 3 N–H and O–H groups in total. The van der Waals surface area contributed by atoms with E-state index in [4.69, 9.17) is 28.9 Å². The molecular weight excluding hydrogens is 450 g/mol. The van der Waals surface area contributed by atoms with Crippen molar-refractivity contribution in [3.05, 3.63) is 70.3 Å². The van der Waals surface area contributed by atoms with Crippen LogP contribution in [0.25, 0.3) is 11.3 Å². The predicted octanol–water partition coefficient (Wildman–Crippen LogP) is 5.46. The molecule has 11 heteroatoms. The smallest absolute Gasteiger partial charge is 0.398 e. The molecule has 0 unspecified atom stereocenters. The lowest BCUT2D eigenvalue weighted by molar-refractivity contribution is -0.137. The van der Waals surface area contributed by atoms with Crippen LogP contribution in [0, 0.1) is 0 Å². The van der Waals surface area contributed by atoms with E-state index >= 15 is 0 Å². The number of anilines is 2. The quantitative estimate of drug-likeness (QED) is 0.505. The van der Waals surface area contributed by atoms with Gasteiger partial charge in [0.15, 0.2) is 0 Å². The number of alkyl halides is 3. The van der Waals surface area contributed by atoms with Gasteiger partial charge in [-0.05, 0) is 30.3 Å². The van der Waals surface area contributed by atoms with Crippen LogP contribution < -0.4 is 10.5 Å². The second-order valence-corrected chi connectivity index (χ2v) is 8.41. The highest BCUT2D eigenvalue weighted by molar-refractivity contribution is 7.92. The van der Waals surface area contributed by atoms with E-state index in [0.717, 1.165) is 12.1 Å². The largest absolute Gasteiger partial charge is 0.417 e. The molecule has 0 saturated carbocycles. The van der Waals surface area contributed by atoms with Crippen molar-refractivity contribution in [1.29, 1.82) is 0 Å². The Morgan fingerprint density at radius 1 is 1.03 bits per heavy atom. The third-order valence-corrected chi connectivity index (χ3v) is 5.77. The van der Waals surface area contributed by atoms with Crippen LogP contribution in [0.5, 0.6) is 0 Å². The van der Waals surface area contributed by atoms with Gasteiger partial charge in [-0.1, -0.05) is 41.4 Å². The Hall–Kier alpha value is -2.49. The maximum absolute atomic E-state index is 13.1. The zero-order valence-electron chi connectivity index (χ0n) is 14.3. The summed E-state index contributed by atoms with van der Waals surface area (Å²) in [6.45, 7) is 0. The van der Waals surface area contributed by atoms with Gasteiger partial charge in [-0.3, -0.25) is 9.71 Å². The Morgan fingerprint density at radius 3 is 2.38 bits per heavy atom. The van der Waals surface area contributed by atoms with Crippen molar-refractivity contribution >= 4 is 44.6 Å². The number of halogens is 5. The Labute approximate surface area is 174 Å². The molecule has 0 spiro atoms. The number of para-hydroxylation sites is 1. The van der Waals surface area contributed by atoms with Crippen molar-refractivity contribution in [3.63, 3.8) is 0 Å². The highest BCUT2D eigenvalue weighted by Gasteiger charge is 2.34. The summed E-state index contributed by atoms with van der Waals surface area (Å²) in [6, 6.07) is 10.2. The Kier molecular flexibility index (Phi) is 5.66. The fourth-order valence-corrected chi connectivity index (χ4v) is 4.00. The Balaban J connectivity index is 2.09. The molecule has 0 aliphatic rings. The van der Waals surface area contributed by atoms with Gasteiger partial charge in [0.1, 0.15) is 0 Å². The topological polar surface area (TPSA) is 85.1 Å². The summed E-state index contributed by atoms with van der Waals surface area (Å²) in [6.07, 6.45) is -3.52. The SMILES string of the molecule is Nc1ccccc1-c1ncc(Cl)cc1NS(=O)(=O)c1ccc(Cl)c(C(F)(F)F)c1. The summed E-state index contributed by atoms with van der Waals surface area (Å²) in [5, 5.41) is -0.494. The van der Waals surface area contributed by atoms with Gasteiger partial charge in [0.2, 0.25) is 0 Å². The number of benzene rings is 2. The monoisotopic (exact) mass is 461 g/mol. The first-order chi connectivity index (χ1) is 13.5. The van der Waals surface area contributed by atoms with E-state index in [1.807, 2.05) is 0 Å². The highest BCUT2D eigenvalue weighted by atomic mass is 35.5. The number of nitrogens with zero attached hydrogens (tertiary/aromatic N) is 1. The molecule has 5 nitrogen and oxygen atoms in total. The van der Waals surface area contributed by atoms with Gasteiger partial charge in [0.05, 0.1) is 31.9 Å². The van der Waals surface area contributed by atoms with E-state index in [2.05, 4.69) is 9.71 Å². The molecule has 1 aromatic heterocycles. The van der Waals surface area contributed by atoms with Gasteiger partial charge < -0.3 is 5.73 Å². The van der Waals surface area contributed by atoms with Crippen molar-refractivity contribution in [2.45, 2.75) is 11.1 Å².